The van der Waals surface area contributed by atoms with E-state index >= 15 is 0 Å². The van der Waals surface area contributed by atoms with Crippen molar-refractivity contribution in [2.45, 2.75) is 18.8 Å². The van der Waals surface area contributed by atoms with Crippen LogP contribution in [0, 0.1) is 0 Å². The van der Waals surface area contributed by atoms with Gasteiger partial charge < -0.3 is 9.09 Å². The Balaban J connectivity index is 1.98. The lowest BCUT2D eigenvalue weighted by Gasteiger charge is -2.00. The Kier molecular flexibility index (Phi) is 2.73. The Morgan fingerprint density at radius 2 is 2.43 bits per heavy atom. The van der Waals surface area contributed by atoms with Crippen LogP contribution in [0.5, 0.6) is 0 Å². The van der Waals surface area contributed by atoms with Gasteiger partial charge in [-0.25, -0.2) is 0 Å². The van der Waals surface area contributed by atoms with Crippen molar-refractivity contribution in [3.05, 3.63) is 24.4 Å². The summed E-state index contributed by atoms with van der Waals surface area (Å²) in [6.45, 7) is 0.692. The summed E-state index contributed by atoms with van der Waals surface area (Å²) >= 11 is 5.66. The molecule has 0 N–H and O–H groups in total. The number of aryl methyl sites for hydroxylation is 2. The predicted molar refractivity (Wildman–Crippen MR) is 47.6 cm³/mol. The summed E-state index contributed by atoms with van der Waals surface area (Å²) < 4.78 is 6.72. The van der Waals surface area contributed by atoms with E-state index in [1.807, 2.05) is 4.57 Å². The number of alkyl halides is 1. The lowest BCUT2D eigenvalue weighted by atomic mass is 10.4. The third-order valence-electron chi connectivity index (χ3n) is 1.79. The summed E-state index contributed by atoms with van der Waals surface area (Å²) in [5.41, 5.74) is 0. The molecule has 0 aliphatic heterocycles. The molecular formula is C7H8ClN5O. The van der Waals surface area contributed by atoms with Crippen LogP contribution in [0.25, 0.3) is 0 Å². The van der Waals surface area contributed by atoms with Gasteiger partial charge in [-0.2, -0.15) is 4.98 Å². The Hall–Kier alpha value is -1.43. The lowest BCUT2D eigenvalue weighted by Crippen LogP contribution is -2.04. The first kappa shape index (κ1) is 9.14. The quantitative estimate of drug-likeness (QED) is 0.698. The molecule has 0 bridgehead atoms. The van der Waals surface area contributed by atoms with Gasteiger partial charge in [-0.15, -0.1) is 21.8 Å². The molecule has 14 heavy (non-hydrogen) atoms. The summed E-state index contributed by atoms with van der Waals surface area (Å²) in [6, 6.07) is 0. The van der Waals surface area contributed by atoms with Crippen molar-refractivity contribution in [1.29, 1.82) is 0 Å². The standard InChI is InChI=1S/C7H8ClN5O/c8-3-6-12-10-5-13(6)2-1-7-9-4-11-14-7/h4-5H,1-3H2. The molecule has 2 rings (SSSR count). The summed E-state index contributed by atoms with van der Waals surface area (Å²) in [5.74, 6) is 1.69. The van der Waals surface area contributed by atoms with Crippen LogP contribution in [0.4, 0.5) is 0 Å². The average Bonchev–Trinajstić information content (AvgIpc) is 2.85. The molecule has 0 unspecified atom stereocenters. The fourth-order valence-corrected chi connectivity index (χ4v) is 1.30. The number of halogens is 1. The van der Waals surface area contributed by atoms with Crippen LogP contribution in [0.3, 0.4) is 0 Å². The topological polar surface area (TPSA) is 69.6 Å². The van der Waals surface area contributed by atoms with Gasteiger partial charge in [0, 0.05) is 13.0 Å². The van der Waals surface area contributed by atoms with Gasteiger partial charge in [0.25, 0.3) is 0 Å². The van der Waals surface area contributed by atoms with Gasteiger partial charge in [0.2, 0.25) is 5.89 Å². The number of rotatable bonds is 4. The van der Waals surface area contributed by atoms with Crippen LogP contribution in [-0.2, 0) is 18.8 Å². The molecule has 6 nitrogen and oxygen atoms in total. The second-order valence-electron chi connectivity index (χ2n) is 2.66. The van der Waals surface area contributed by atoms with E-state index in [0.717, 1.165) is 5.82 Å². The minimum atomic E-state index is 0.351. The first-order chi connectivity index (χ1) is 6.90. The second kappa shape index (κ2) is 4.19. The van der Waals surface area contributed by atoms with Gasteiger partial charge in [-0.1, -0.05) is 5.16 Å². The zero-order chi connectivity index (χ0) is 9.80. The first-order valence-electron chi connectivity index (χ1n) is 4.08. The largest absolute Gasteiger partial charge is 0.340 e. The van der Waals surface area contributed by atoms with Gasteiger partial charge >= 0.3 is 0 Å². The van der Waals surface area contributed by atoms with Crippen LogP contribution in [0.15, 0.2) is 17.2 Å². The maximum atomic E-state index is 5.66. The Morgan fingerprint density at radius 1 is 1.50 bits per heavy atom. The highest BCUT2D eigenvalue weighted by Crippen LogP contribution is 2.02. The minimum Gasteiger partial charge on any atom is -0.340 e. The van der Waals surface area contributed by atoms with E-state index in [0.29, 0.717) is 24.7 Å². The van der Waals surface area contributed by atoms with Crippen molar-refractivity contribution in [3.63, 3.8) is 0 Å². The van der Waals surface area contributed by atoms with E-state index in [-0.39, 0.29) is 0 Å². The molecule has 0 saturated carbocycles. The zero-order valence-corrected chi connectivity index (χ0v) is 8.05. The smallest absolute Gasteiger partial charge is 0.228 e. The Labute approximate surface area is 84.9 Å². The SMILES string of the molecule is ClCc1nncn1CCc1ncno1. The summed E-state index contributed by atoms with van der Waals surface area (Å²) in [4.78, 5) is 3.91. The van der Waals surface area contributed by atoms with Crippen molar-refractivity contribution in [2.75, 3.05) is 0 Å². The summed E-state index contributed by atoms with van der Waals surface area (Å²) in [6.07, 6.45) is 3.67. The molecule has 2 aromatic heterocycles. The molecule has 0 radical (unpaired) electrons. The number of hydrogen-bond donors (Lipinski definition) is 0. The fraction of sp³-hybridized carbons (Fsp3) is 0.429. The molecule has 0 aliphatic rings. The maximum Gasteiger partial charge on any atom is 0.228 e. The van der Waals surface area contributed by atoms with Crippen molar-refractivity contribution in [1.82, 2.24) is 24.9 Å². The van der Waals surface area contributed by atoms with Gasteiger partial charge in [0.15, 0.2) is 6.33 Å². The van der Waals surface area contributed by atoms with E-state index in [1.165, 1.54) is 6.33 Å². The first-order valence-corrected chi connectivity index (χ1v) is 4.62. The highest BCUT2D eigenvalue weighted by molar-refractivity contribution is 6.16. The van der Waals surface area contributed by atoms with E-state index in [9.17, 15) is 0 Å². The molecule has 0 amide bonds. The Bertz CT molecular complexity index is 384. The Morgan fingerprint density at radius 3 is 3.14 bits per heavy atom. The molecule has 2 aromatic rings. The molecular weight excluding hydrogens is 206 g/mol. The van der Waals surface area contributed by atoms with E-state index in [1.54, 1.807) is 6.33 Å². The van der Waals surface area contributed by atoms with E-state index in [2.05, 4.69) is 20.3 Å². The molecule has 0 aromatic carbocycles. The maximum absolute atomic E-state index is 5.66. The average molecular weight is 214 g/mol. The minimum absolute atomic E-state index is 0.351. The summed E-state index contributed by atoms with van der Waals surface area (Å²) in [7, 11) is 0. The molecule has 0 atom stereocenters. The van der Waals surface area contributed by atoms with Crippen molar-refractivity contribution < 1.29 is 4.52 Å². The van der Waals surface area contributed by atoms with Crippen molar-refractivity contribution in [3.8, 4) is 0 Å². The normalized spacial score (nSPS) is 10.6. The predicted octanol–water partition coefficient (Wildman–Crippen LogP) is 0.643. The van der Waals surface area contributed by atoms with E-state index < -0.39 is 0 Å². The molecule has 0 saturated heterocycles. The van der Waals surface area contributed by atoms with Crippen molar-refractivity contribution in [2.24, 2.45) is 0 Å². The fourth-order valence-electron chi connectivity index (χ4n) is 1.09. The highest BCUT2D eigenvalue weighted by Gasteiger charge is 2.04. The lowest BCUT2D eigenvalue weighted by molar-refractivity contribution is 0.370. The second-order valence-corrected chi connectivity index (χ2v) is 2.93. The molecule has 0 aliphatic carbocycles. The van der Waals surface area contributed by atoms with Crippen LogP contribution < -0.4 is 0 Å². The van der Waals surface area contributed by atoms with Crippen LogP contribution in [0.2, 0.25) is 0 Å². The van der Waals surface area contributed by atoms with Crippen LogP contribution in [0.1, 0.15) is 11.7 Å². The molecule has 2 heterocycles. The van der Waals surface area contributed by atoms with Gasteiger partial charge in [0.1, 0.15) is 12.2 Å². The van der Waals surface area contributed by atoms with E-state index in [4.69, 9.17) is 16.1 Å². The number of aromatic nitrogens is 5. The number of hydrogen-bond acceptors (Lipinski definition) is 5. The zero-order valence-electron chi connectivity index (χ0n) is 7.30. The third-order valence-corrected chi connectivity index (χ3v) is 2.03. The molecule has 74 valence electrons. The van der Waals surface area contributed by atoms with Gasteiger partial charge in [-0.3, -0.25) is 0 Å². The van der Waals surface area contributed by atoms with Crippen molar-refractivity contribution >= 4 is 11.6 Å². The summed E-state index contributed by atoms with van der Waals surface area (Å²) in [5, 5.41) is 11.1. The molecule has 7 heteroatoms. The van der Waals surface area contributed by atoms with Crippen LogP contribution >= 0.6 is 11.6 Å². The van der Waals surface area contributed by atoms with Gasteiger partial charge in [0.05, 0.1) is 5.88 Å². The molecule has 0 spiro atoms. The van der Waals surface area contributed by atoms with Gasteiger partial charge in [-0.05, 0) is 0 Å². The third kappa shape index (κ3) is 1.90. The number of nitrogens with zero attached hydrogens (tertiary/aromatic N) is 5. The molecule has 0 fully saturated rings. The highest BCUT2D eigenvalue weighted by atomic mass is 35.5. The monoisotopic (exact) mass is 213 g/mol. The van der Waals surface area contributed by atoms with Crippen LogP contribution in [-0.4, -0.2) is 24.9 Å².